The summed E-state index contributed by atoms with van der Waals surface area (Å²) in [6.45, 7) is 4.85. The van der Waals surface area contributed by atoms with Crippen LogP contribution in [0.1, 0.15) is 26.7 Å². The predicted molar refractivity (Wildman–Crippen MR) is 61.2 cm³/mol. The predicted octanol–water partition coefficient (Wildman–Crippen LogP) is 2.69. The lowest BCUT2D eigenvalue weighted by Gasteiger charge is -2.16. The van der Waals surface area contributed by atoms with E-state index < -0.39 is 0 Å². The van der Waals surface area contributed by atoms with Gasteiger partial charge >= 0.3 is 0 Å². The van der Waals surface area contributed by atoms with E-state index in [1.807, 2.05) is 19.1 Å². The number of aromatic nitrogens is 1. The van der Waals surface area contributed by atoms with Crippen molar-refractivity contribution in [2.24, 2.45) is 5.92 Å². The fourth-order valence-corrected chi connectivity index (χ4v) is 1.71. The first-order valence-corrected chi connectivity index (χ1v) is 5.65. The van der Waals surface area contributed by atoms with Crippen molar-refractivity contribution in [3.05, 3.63) is 18.3 Å². The van der Waals surface area contributed by atoms with E-state index in [0.717, 1.165) is 11.6 Å². The first-order chi connectivity index (χ1) is 7.31. The minimum Gasteiger partial charge on any atom is -0.476 e. The standard InChI is InChI=1S/C12H18N2O/c1-3-15-12-11(5-4-8-13-12)14-9(2)10-6-7-10/h4-5,8-10,14H,3,6-7H2,1-2H3. The third-order valence-electron chi connectivity index (χ3n) is 2.76. The van der Waals surface area contributed by atoms with Crippen molar-refractivity contribution in [1.29, 1.82) is 0 Å². The number of hydrogen-bond acceptors (Lipinski definition) is 3. The molecule has 0 aromatic carbocycles. The Morgan fingerprint density at radius 1 is 1.60 bits per heavy atom. The molecule has 1 N–H and O–H groups in total. The Bertz CT molecular complexity index is 323. The van der Waals surface area contributed by atoms with Crippen LogP contribution in [0.3, 0.4) is 0 Å². The molecule has 1 fully saturated rings. The van der Waals surface area contributed by atoms with Gasteiger partial charge < -0.3 is 10.1 Å². The Hall–Kier alpha value is -1.25. The zero-order chi connectivity index (χ0) is 10.7. The lowest BCUT2D eigenvalue weighted by molar-refractivity contribution is 0.328. The maximum Gasteiger partial charge on any atom is 0.237 e. The fourth-order valence-electron chi connectivity index (χ4n) is 1.71. The maximum atomic E-state index is 5.46. The number of nitrogens with zero attached hydrogens (tertiary/aromatic N) is 1. The lowest BCUT2D eigenvalue weighted by atomic mass is 10.2. The quantitative estimate of drug-likeness (QED) is 0.804. The van der Waals surface area contributed by atoms with Gasteiger partial charge in [0.1, 0.15) is 0 Å². The van der Waals surface area contributed by atoms with Crippen molar-refractivity contribution in [3.8, 4) is 5.88 Å². The van der Waals surface area contributed by atoms with Crippen molar-refractivity contribution < 1.29 is 4.74 Å². The number of rotatable bonds is 5. The van der Waals surface area contributed by atoms with Crippen LogP contribution in [-0.2, 0) is 0 Å². The summed E-state index contributed by atoms with van der Waals surface area (Å²) in [5.74, 6) is 1.55. The van der Waals surface area contributed by atoms with Crippen LogP contribution in [0, 0.1) is 5.92 Å². The number of ether oxygens (including phenoxy) is 1. The molecule has 1 saturated carbocycles. The highest BCUT2D eigenvalue weighted by atomic mass is 16.5. The van der Waals surface area contributed by atoms with E-state index >= 15 is 0 Å². The van der Waals surface area contributed by atoms with E-state index in [4.69, 9.17) is 4.74 Å². The van der Waals surface area contributed by atoms with Crippen LogP contribution in [0.2, 0.25) is 0 Å². The van der Waals surface area contributed by atoms with E-state index in [1.54, 1.807) is 6.20 Å². The molecule has 1 heterocycles. The smallest absolute Gasteiger partial charge is 0.237 e. The molecule has 0 radical (unpaired) electrons. The summed E-state index contributed by atoms with van der Waals surface area (Å²) in [7, 11) is 0. The normalized spacial score (nSPS) is 17.2. The molecule has 1 atom stereocenters. The Morgan fingerprint density at radius 3 is 3.07 bits per heavy atom. The van der Waals surface area contributed by atoms with E-state index in [2.05, 4.69) is 17.2 Å². The first-order valence-electron chi connectivity index (χ1n) is 5.65. The molecule has 0 spiro atoms. The van der Waals surface area contributed by atoms with Gasteiger partial charge in [-0.2, -0.15) is 0 Å². The summed E-state index contributed by atoms with van der Waals surface area (Å²) in [5, 5.41) is 3.47. The van der Waals surface area contributed by atoms with Crippen LogP contribution < -0.4 is 10.1 Å². The van der Waals surface area contributed by atoms with Crippen LogP contribution in [0.15, 0.2) is 18.3 Å². The van der Waals surface area contributed by atoms with E-state index in [0.29, 0.717) is 18.5 Å². The van der Waals surface area contributed by atoms with Crippen LogP contribution in [0.4, 0.5) is 5.69 Å². The van der Waals surface area contributed by atoms with Gasteiger partial charge in [0, 0.05) is 12.2 Å². The largest absolute Gasteiger partial charge is 0.476 e. The molecule has 1 aromatic heterocycles. The lowest BCUT2D eigenvalue weighted by Crippen LogP contribution is -2.18. The summed E-state index contributed by atoms with van der Waals surface area (Å²) in [4.78, 5) is 4.22. The highest BCUT2D eigenvalue weighted by molar-refractivity contribution is 5.52. The van der Waals surface area contributed by atoms with Crippen molar-refractivity contribution >= 4 is 5.69 Å². The molecule has 0 aliphatic heterocycles. The molecule has 2 rings (SSSR count). The fraction of sp³-hybridized carbons (Fsp3) is 0.583. The van der Waals surface area contributed by atoms with Crippen LogP contribution in [0.25, 0.3) is 0 Å². The van der Waals surface area contributed by atoms with E-state index in [9.17, 15) is 0 Å². The first kappa shape index (κ1) is 10.3. The summed E-state index contributed by atoms with van der Waals surface area (Å²) in [6.07, 6.45) is 4.45. The van der Waals surface area contributed by atoms with Gasteiger partial charge in [0.25, 0.3) is 0 Å². The Balaban J connectivity index is 2.04. The summed E-state index contributed by atoms with van der Waals surface area (Å²) >= 11 is 0. The Kier molecular flexibility index (Phi) is 3.09. The summed E-state index contributed by atoms with van der Waals surface area (Å²) < 4.78 is 5.46. The van der Waals surface area contributed by atoms with Gasteiger partial charge in [-0.1, -0.05) is 0 Å². The number of pyridine rings is 1. The van der Waals surface area contributed by atoms with Gasteiger partial charge in [0.15, 0.2) is 0 Å². The van der Waals surface area contributed by atoms with Gasteiger partial charge in [-0.05, 0) is 44.7 Å². The average molecular weight is 206 g/mol. The Labute approximate surface area is 90.9 Å². The molecule has 15 heavy (non-hydrogen) atoms. The average Bonchev–Trinajstić information content (AvgIpc) is 3.04. The molecule has 0 saturated heterocycles. The molecule has 1 aliphatic carbocycles. The molecule has 1 unspecified atom stereocenters. The second-order valence-corrected chi connectivity index (χ2v) is 4.06. The van der Waals surface area contributed by atoms with Crippen molar-refractivity contribution in [2.45, 2.75) is 32.7 Å². The third kappa shape index (κ3) is 2.61. The minimum absolute atomic E-state index is 0.522. The van der Waals surface area contributed by atoms with Gasteiger partial charge in [-0.15, -0.1) is 0 Å². The molecule has 0 amide bonds. The van der Waals surface area contributed by atoms with Gasteiger partial charge in [0.2, 0.25) is 5.88 Å². The van der Waals surface area contributed by atoms with E-state index in [1.165, 1.54) is 12.8 Å². The zero-order valence-electron chi connectivity index (χ0n) is 9.36. The third-order valence-corrected chi connectivity index (χ3v) is 2.76. The molecule has 3 nitrogen and oxygen atoms in total. The topological polar surface area (TPSA) is 34.1 Å². The second kappa shape index (κ2) is 4.51. The number of anilines is 1. The van der Waals surface area contributed by atoms with Gasteiger partial charge in [-0.25, -0.2) is 4.98 Å². The monoisotopic (exact) mass is 206 g/mol. The SMILES string of the molecule is CCOc1ncccc1NC(C)C1CC1. The zero-order valence-corrected chi connectivity index (χ0v) is 9.36. The van der Waals surface area contributed by atoms with Crippen molar-refractivity contribution in [2.75, 3.05) is 11.9 Å². The Morgan fingerprint density at radius 2 is 2.40 bits per heavy atom. The molecule has 0 bridgehead atoms. The van der Waals surface area contributed by atoms with Gasteiger partial charge in [0.05, 0.1) is 12.3 Å². The summed E-state index contributed by atoms with van der Waals surface area (Å²) in [6, 6.07) is 4.48. The summed E-state index contributed by atoms with van der Waals surface area (Å²) in [5.41, 5.74) is 1.01. The van der Waals surface area contributed by atoms with Crippen LogP contribution in [0.5, 0.6) is 5.88 Å². The van der Waals surface area contributed by atoms with Gasteiger partial charge in [-0.3, -0.25) is 0 Å². The van der Waals surface area contributed by atoms with Crippen LogP contribution >= 0.6 is 0 Å². The maximum absolute atomic E-state index is 5.46. The van der Waals surface area contributed by atoms with Crippen molar-refractivity contribution in [3.63, 3.8) is 0 Å². The highest BCUT2D eigenvalue weighted by Crippen LogP contribution is 2.35. The minimum atomic E-state index is 0.522. The molecule has 82 valence electrons. The molecule has 1 aromatic rings. The van der Waals surface area contributed by atoms with E-state index in [-0.39, 0.29) is 0 Å². The molecule has 3 heteroatoms. The molecule has 1 aliphatic rings. The van der Waals surface area contributed by atoms with Crippen LogP contribution in [-0.4, -0.2) is 17.6 Å². The highest BCUT2D eigenvalue weighted by Gasteiger charge is 2.28. The van der Waals surface area contributed by atoms with Crippen molar-refractivity contribution in [1.82, 2.24) is 4.98 Å². The molecular formula is C12H18N2O. The second-order valence-electron chi connectivity index (χ2n) is 4.06. The molecular weight excluding hydrogens is 188 g/mol. The number of nitrogens with one attached hydrogen (secondary N) is 1. The number of hydrogen-bond donors (Lipinski definition) is 1.